The SMILES string of the molecule is CN1CCN(Cc2ccc(-c3cc(N)n(C)n3)cc2)CC1. The highest BCUT2D eigenvalue weighted by atomic mass is 15.3. The van der Waals surface area contributed by atoms with Gasteiger partial charge in [-0.3, -0.25) is 9.58 Å². The van der Waals surface area contributed by atoms with E-state index in [4.69, 9.17) is 5.73 Å². The van der Waals surface area contributed by atoms with Crippen molar-refractivity contribution >= 4 is 5.82 Å². The summed E-state index contributed by atoms with van der Waals surface area (Å²) in [7, 11) is 4.05. The summed E-state index contributed by atoms with van der Waals surface area (Å²) in [5.41, 5.74) is 9.23. The Balaban J connectivity index is 1.66. The first-order chi connectivity index (χ1) is 10.1. The predicted octanol–water partition coefficient (Wildman–Crippen LogP) is 1.42. The number of aryl methyl sites for hydroxylation is 1. The molecule has 112 valence electrons. The summed E-state index contributed by atoms with van der Waals surface area (Å²) in [4.78, 5) is 4.89. The lowest BCUT2D eigenvalue weighted by Gasteiger charge is -2.32. The summed E-state index contributed by atoms with van der Waals surface area (Å²) in [5.74, 6) is 0.687. The van der Waals surface area contributed by atoms with Gasteiger partial charge in [-0.2, -0.15) is 5.10 Å². The van der Waals surface area contributed by atoms with Gasteiger partial charge < -0.3 is 10.6 Å². The summed E-state index contributed by atoms with van der Waals surface area (Å²) in [5, 5.41) is 4.41. The fraction of sp³-hybridized carbons (Fsp3) is 0.438. The molecule has 0 saturated carbocycles. The zero-order valence-electron chi connectivity index (χ0n) is 12.8. The smallest absolute Gasteiger partial charge is 0.121 e. The first-order valence-electron chi connectivity index (χ1n) is 7.41. The van der Waals surface area contributed by atoms with Crippen LogP contribution in [0.4, 0.5) is 5.82 Å². The van der Waals surface area contributed by atoms with Gasteiger partial charge in [0.1, 0.15) is 5.82 Å². The highest BCUT2D eigenvalue weighted by molar-refractivity contribution is 5.62. The van der Waals surface area contributed by atoms with Crippen LogP contribution < -0.4 is 5.73 Å². The van der Waals surface area contributed by atoms with E-state index in [1.807, 2.05) is 13.1 Å². The standard InChI is InChI=1S/C16H23N5/c1-19-7-9-21(10-8-19)12-13-3-5-14(6-4-13)15-11-16(17)20(2)18-15/h3-6,11H,7-10,12,17H2,1-2H3. The van der Waals surface area contributed by atoms with E-state index in [1.165, 1.54) is 5.56 Å². The lowest BCUT2D eigenvalue weighted by Crippen LogP contribution is -2.43. The van der Waals surface area contributed by atoms with Crippen molar-refractivity contribution in [3.63, 3.8) is 0 Å². The number of hydrogen-bond acceptors (Lipinski definition) is 4. The monoisotopic (exact) mass is 285 g/mol. The molecule has 3 rings (SSSR count). The largest absolute Gasteiger partial charge is 0.384 e. The average Bonchev–Trinajstić information content (AvgIpc) is 2.82. The summed E-state index contributed by atoms with van der Waals surface area (Å²) in [6, 6.07) is 10.6. The summed E-state index contributed by atoms with van der Waals surface area (Å²) >= 11 is 0. The van der Waals surface area contributed by atoms with Crippen molar-refractivity contribution in [2.75, 3.05) is 39.0 Å². The van der Waals surface area contributed by atoms with Gasteiger partial charge in [-0.25, -0.2) is 0 Å². The van der Waals surface area contributed by atoms with Crippen molar-refractivity contribution in [3.05, 3.63) is 35.9 Å². The predicted molar refractivity (Wildman–Crippen MR) is 85.8 cm³/mol. The Hall–Kier alpha value is -1.85. The van der Waals surface area contributed by atoms with E-state index in [-0.39, 0.29) is 0 Å². The third-order valence-corrected chi connectivity index (χ3v) is 4.17. The highest BCUT2D eigenvalue weighted by Gasteiger charge is 2.13. The molecule has 1 aromatic carbocycles. The molecular formula is C16H23N5. The number of nitrogens with zero attached hydrogens (tertiary/aromatic N) is 4. The third kappa shape index (κ3) is 3.25. The van der Waals surface area contributed by atoms with Gasteiger partial charge >= 0.3 is 0 Å². The molecule has 1 saturated heterocycles. The van der Waals surface area contributed by atoms with Crippen molar-refractivity contribution in [2.45, 2.75) is 6.54 Å². The maximum atomic E-state index is 5.83. The molecule has 1 aliphatic heterocycles. The van der Waals surface area contributed by atoms with Gasteiger partial charge in [0.2, 0.25) is 0 Å². The summed E-state index contributed by atoms with van der Waals surface area (Å²) in [6.07, 6.45) is 0. The van der Waals surface area contributed by atoms with E-state index >= 15 is 0 Å². The molecule has 0 spiro atoms. The fourth-order valence-corrected chi connectivity index (χ4v) is 2.67. The minimum atomic E-state index is 0.687. The van der Waals surface area contributed by atoms with Gasteiger partial charge in [-0.15, -0.1) is 0 Å². The van der Waals surface area contributed by atoms with Gasteiger partial charge in [0.15, 0.2) is 0 Å². The molecule has 21 heavy (non-hydrogen) atoms. The second kappa shape index (κ2) is 5.87. The zero-order chi connectivity index (χ0) is 14.8. The van der Waals surface area contributed by atoms with Gasteiger partial charge in [-0.05, 0) is 12.6 Å². The lowest BCUT2D eigenvalue weighted by molar-refractivity contribution is 0.148. The molecule has 1 aliphatic rings. The van der Waals surface area contributed by atoms with Crippen LogP contribution in [0.25, 0.3) is 11.3 Å². The Morgan fingerprint density at radius 1 is 1.05 bits per heavy atom. The first-order valence-corrected chi connectivity index (χ1v) is 7.41. The number of benzene rings is 1. The second-order valence-corrected chi connectivity index (χ2v) is 5.85. The number of nitrogen functional groups attached to an aromatic ring is 1. The molecule has 0 bridgehead atoms. The van der Waals surface area contributed by atoms with Gasteiger partial charge in [0.05, 0.1) is 5.69 Å². The Morgan fingerprint density at radius 2 is 1.71 bits per heavy atom. The van der Waals surface area contributed by atoms with Crippen LogP contribution in [0.1, 0.15) is 5.56 Å². The molecule has 0 amide bonds. The van der Waals surface area contributed by atoms with Crippen molar-refractivity contribution in [2.24, 2.45) is 7.05 Å². The van der Waals surface area contributed by atoms with Crippen LogP contribution in [0.3, 0.4) is 0 Å². The van der Waals surface area contributed by atoms with Crippen molar-refractivity contribution in [1.29, 1.82) is 0 Å². The van der Waals surface area contributed by atoms with Crippen LogP contribution in [0.5, 0.6) is 0 Å². The molecule has 2 N–H and O–H groups in total. The molecular weight excluding hydrogens is 262 g/mol. The average molecular weight is 285 g/mol. The Bertz CT molecular complexity index is 574. The molecule has 5 nitrogen and oxygen atoms in total. The van der Waals surface area contributed by atoms with E-state index in [0.29, 0.717) is 5.82 Å². The number of anilines is 1. The minimum Gasteiger partial charge on any atom is -0.384 e. The number of piperazine rings is 1. The van der Waals surface area contributed by atoms with Gasteiger partial charge in [0, 0.05) is 51.4 Å². The Kier molecular flexibility index (Phi) is 3.94. The first kappa shape index (κ1) is 14.1. The van der Waals surface area contributed by atoms with E-state index in [0.717, 1.165) is 44.0 Å². The van der Waals surface area contributed by atoms with Crippen LogP contribution in [-0.4, -0.2) is 52.8 Å². The fourth-order valence-electron chi connectivity index (χ4n) is 2.67. The molecule has 0 unspecified atom stereocenters. The molecule has 1 fully saturated rings. The van der Waals surface area contributed by atoms with Gasteiger partial charge in [-0.1, -0.05) is 24.3 Å². The van der Waals surface area contributed by atoms with Crippen LogP contribution in [-0.2, 0) is 13.6 Å². The van der Waals surface area contributed by atoms with Crippen molar-refractivity contribution < 1.29 is 0 Å². The molecule has 5 heteroatoms. The number of likely N-dealkylation sites (N-methyl/N-ethyl adjacent to an activating group) is 1. The minimum absolute atomic E-state index is 0.687. The number of aromatic nitrogens is 2. The molecule has 2 heterocycles. The van der Waals surface area contributed by atoms with Crippen LogP contribution >= 0.6 is 0 Å². The van der Waals surface area contributed by atoms with E-state index in [9.17, 15) is 0 Å². The molecule has 0 atom stereocenters. The third-order valence-electron chi connectivity index (χ3n) is 4.17. The second-order valence-electron chi connectivity index (χ2n) is 5.85. The number of hydrogen-bond donors (Lipinski definition) is 1. The van der Waals surface area contributed by atoms with E-state index in [2.05, 4.69) is 46.2 Å². The van der Waals surface area contributed by atoms with Crippen molar-refractivity contribution in [1.82, 2.24) is 19.6 Å². The Labute approximate surface area is 126 Å². The molecule has 0 radical (unpaired) electrons. The number of rotatable bonds is 3. The Morgan fingerprint density at radius 3 is 2.29 bits per heavy atom. The topological polar surface area (TPSA) is 50.3 Å². The van der Waals surface area contributed by atoms with Gasteiger partial charge in [0.25, 0.3) is 0 Å². The van der Waals surface area contributed by atoms with Crippen LogP contribution in [0.15, 0.2) is 30.3 Å². The van der Waals surface area contributed by atoms with E-state index < -0.39 is 0 Å². The maximum Gasteiger partial charge on any atom is 0.121 e. The lowest BCUT2D eigenvalue weighted by atomic mass is 10.1. The number of nitrogens with two attached hydrogens (primary N) is 1. The van der Waals surface area contributed by atoms with E-state index in [1.54, 1.807) is 4.68 Å². The summed E-state index contributed by atoms with van der Waals surface area (Å²) < 4.78 is 1.70. The molecule has 2 aromatic rings. The molecule has 0 aliphatic carbocycles. The quantitative estimate of drug-likeness (QED) is 0.926. The normalized spacial score (nSPS) is 17.2. The van der Waals surface area contributed by atoms with Crippen LogP contribution in [0.2, 0.25) is 0 Å². The highest BCUT2D eigenvalue weighted by Crippen LogP contribution is 2.21. The maximum absolute atomic E-state index is 5.83. The van der Waals surface area contributed by atoms with Crippen molar-refractivity contribution in [3.8, 4) is 11.3 Å². The molecule has 1 aromatic heterocycles. The van der Waals surface area contributed by atoms with Crippen LogP contribution in [0, 0.1) is 0 Å². The summed E-state index contributed by atoms with van der Waals surface area (Å²) in [6.45, 7) is 5.64. The zero-order valence-corrected chi connectivity index (χ0v) is 12.8.